The number of nitrogens with one attached hydrogen (secondary N) is 1. The minimum Gasteiger partial charge on any atom is -0.384 e. The molecule has 1 unspecified atom stereocenters. The molecule has 0 aliphatic rings. The van der Waals surface area contributed by atoms with Crippen molar-refractivity contribution in [1.29, 1.82) is 0 Å². The lowest BCUT2D eigenvalue weighted by Gasteiger charge is -2.11. The SMILES string of the molecule is CC(CC(=O)c1cc(N)ncn1)c1ncc(C(=O)Nc2ccc(Cl)c(C(F)(F)F)c2)s1. The van der Waals surface area contributed by atoms with Crippen molar-refractivity contribution in [1.82, 2.24) is 15.0 Å². The molecule has 0 bridgehead atoms. The highest BCUT2D eigenvalue weighted by molar-refractivity contribution is 7.13. The molecule has 2 aromatic heterocycles. The number of carbonyl (C=O) groups excluding carboxylic acids is 2. The highest BCUT2D eigenvalue weighted by Crippen LogP contribution is 2.36. The molecule has 1 aromatic carbocycles. The van der Waals surface area contributed by atoms with Gasteiger partial charge in [-0.3, -0.25) is 9.59 Å². The summed E-state index contributed by atoms with van der Waals surface area (Å²) in [6.07, 6.45) is -2.07. The lowest BCUT2D eigenvalue weighted by Crippen LogP contribution is -2.12. The molecule has 3 N–H and O–H groups in total. The van der Waals surface area contributed by atoms with Crippen molar-refractivity contribution in [3.63, 3.8) is 0 Å². The van der Waals surface area contributed by atoms with Gasteiger partial charge in [0.25, 0.3) is 5.91 Å². The monoisotopic (exact) mass is 469 g/mol. The summed E-state index contributed by atoms with van der Waals surface area (Å²) >= 11 is 6.62. The standard InChI is InChI=1S/C19H15ClF3N5O2S/c1-9(4-14(29)13-6-16(24)27-8-26-13)18-25-7-15(31-18)17(30)28-10-2-3-12(20)11(5-10)19(21,22)23/h2-3,5-9H,4H2,1H3,(H,28,30)(H2,24,26,27). The molecule has 0 saturated carbocycles. The molecule has 0 aliphatic heterocycles. The summed E-state index contributed by atoms with van der Waals surface area (Å²) in [6.45, 7) is 1.76. The average Bonchev–Trinajstić information content (AvgIpc) is 3.19. The second-order valence-corrected chi connectivity index (χ2v) is 8.04. The maximum absolute atomic E-state index is 13.0. The van der Waals surface area contributed by atoms with Gasteiger partial charge in [0, 0.05) is 24.1 Å². The number of thiazole rings is 1. The molecular formula is C19H15ClF3N5O2S. The number of aromatic nitrogens is 3. The number of hydrogen-bond acceptors (Lipinski definition) is 7. The summed E-state index contributed by atoms with van der Waals surface area (Å²) in [5, 5.41) is 2.46. The summed E-state index contributed by atoms with van der Waals surface area (Å²) in [5.41, 5.74) is 4.63. The number of nitrogens with two attached hydrogens (primary N) is 1. The summed E-state index contributed by atoms with van der Waals surface area (Å²) in [6, 6.07) is 4.46. The molecule has 0 spiro atoms. The number of benzene rings is 1. The van der Waals surface area contributed by atoms with Gasteiger partial charge in [0.1, 0.15) is 22.7 Å². The quantitative estimate of drug-likeness (QED) is 0.501. The van der Waals surface area contributed by atoms with Crippen LogP contribution in [0.4, 0.5) is 24.7 Å². The van der Waals surface area contributed by atoms with E-state index >= 15 is 0 Å². The van der Waals surface area contributed by atoms with Gasteiger partial charge in [0.15, 0.2) is 5.78 Å². The van der Waals surface area contributed by atoms with Gasteiger partial charge in [-0.15, -0.1) is 11.3 Å². The van der Waals surface area contributed by atoms with E-state index in [0.29, 0.717) is 5.01 Å². The first-order valence-corrected chi connectivity index (χ1v) is 9.98. The lowest BCUT2D eigenvalue weighted by molar-refractivity contribution is -0.137. The van der Waals surface area contributed by atoms with Crippen LogP contribution >= 0.6 is 22.9 Å². The van der Waals surface area contributed by atoms with Crippen molar-refractivity contribution in [3.8, 4) is 0 Å². The third-order valence-corrected chi connectivity index (χ3v) is 5.72. The smallest absolute Gasteiger partial charge is 0.384 e. The largest absolute Gasteiger partial charge is 0.417 e. The van der Waals surface area contributed by atoms with E-state index in [1.54, 1.807) is 6.92 Å². The highest BCUT2D eigenvalue weighted by Gasteiger charge is 2.33. The number of alkyl halides is 3. The Kier molecular flexibility index (Phi) is 6.56. The number of hydrogen-bond donors (Lipinski definition) is 2. The molecular weight excluding hydrogens is 455 g/mol. The molecule has 162 valence electrons. The number of carbonyl (C=O) groups is 2. The van der Waals surface area contributed by atoms with E-state index in [2.05, 4.69) is 20.3 Å². The Morgan fingerprint density at radius 1 is 1.23 bits per heavy atom. The van der Waals surface area contributed by atoms with Crippen LogP contribution in [0.25, 0.3) is 0 Å². The summed E-state index contributed by atoms with van der Waals surface area (Å²) < 4.78 is 38.9. The summed E-state index contributed by atoms with van der Waals surface area (Å²) in [7, 11) is 0. The predicted molar refractivity (Wildman–Crippen MR) is 110 cm³/mol. The van der Waals surface area contributed by atoms with Crippen LogP contribution in [0.3, 0.4) is 0 Å². The minimum atomic E-state index is -4.65. The van der Waals surface area contributed by atoms with Crippen LogP contribution in [0.1, 0.15) is 50.0 Å². The van der Waals surface area contributed by atoms with Gasteiger partial charge in [-0.25, -0.2) is 15.0 Å². The molecule has 0 aliphatic carbocycles. The van der Waals surface area contributed by atoms with Crippen molar-refractivity contribution in [3.05, 3.63) is 63.0 Å². The van der Waals surface area contributed by atoms with Crippen molar-refractivity contribution in [2.45, 2.75) is 25.4 Å². The van der Waals surface area contributed by atoms with Gasteiger partial charge in [-0.1, -0.05) is 18.5 Å². The third-order valence-electron chi connectivity index (χ3n) is 4.16. The normalized spacial score (nSPS) is 12.4. The second kappa shape index (κ2) is 8.98. The fourth-order valence-corrected chi connectivity index (χ4v) is 3.72. The zero-order valence-electron chi connectivity index (χ0n) is 15.9. The number of anilines is 2. The Hall–Kier alpha value is -3.05. The maximum atomic E-state index is 13.0. The maximum Gasteiger partial charge on any atom is 0.417 e. The molecule has 1 amide bonds. The first-order chi connectivity index (χ1) is 14.5. The van der Waals surface area contributed by atoms with Gasteiger partial charge < -0.3 is 11.1 Å². The molecule has 0 saturated heterocycles. The fourth-order valence-electron chi connectivity index (χ4n) is 2.63. The molecule has 0 fully saturated rings. The molecule has 12 heteroatoms. The molecule has 0 radical (unpaired) electrons. The predicted octanol–water partition coefficient (Wildman–Crippen LogP) is 4.82. The zero-order valence-corrected chi connectivity index (χ0v) is 17.5. The van der Waals surface area contributed by atoms with Gasteiger partial charge in [0.2, 0.25) is 0 Å². The Bertz CT molecular complexity index is 1140. The van der Waals surface area contributed by atoms with Crippen LogP contribution in [0, 0.1) is 0 Å². The van der Waals surface area contributed by atoms with E-state index in [-0.39, 0.29) is 40.2 Å². The number of halogens is 4. The number of nitrogens with zero attached hydrogens (tertiary/aromatic N) is 3. The Balaban J connectivity index is 1.69. The van der Waals surface area contributed by atoms with Crippen LogP contribution < -0.4 is 11.1 Å². The first kappa shape index (κ1) is 22.6. The van der Waals surface area contributed by atoms with Gasteiger partial charge in [-0.2, -0.15) is 13.2 Å². The first-order valence-electron chi connectivity index (χ1n) is 8.79. The van der Waals surface area contributed by atoms with Crippen molar-refractivity contribution >= 4 is 46.1 Å². The van der Waals surface area contributed by atoms with Crippen molar-refractivity contribution in [2.24, 2.45) is 0 Å². The molecule has 7 nitrogen and oxygen atoms in total. The molecule has 31 heavy (non-hydrogen) atoms. The summed E-state index contributed by atoms with van der Waals surface area (Å²) in [4.78, 5) is 36.7. The van der Waals surface area contributed by atoms with Gasteiger partial charge >= 0.3 is 6.18 Å². The second-order valence-electron chi connectivity index (χ2n) is 6.57. The minimum absolute atomic E-state index is 0.0544. The average molecular weight is 470 g/mol. The Labute approximate surface area is 183 Å². The Morgan fingerprint density at radius 2 is 1.97 bits per heavy atom. The van der Waals surface area contributed by atoms with Crippen molar-refractivity contribution < 1.29 is 22.8 Å². The van der Waals surface area contributed by atoms with Gasteiger partial charge in [-0.05, 0) is 18.2 Å². The van der Waals surface area contributed by atoms with Crippen molar-refractivity contribution in [2.75, 3.05) is 11.1 Å². The lowest BCUT2D eigenvalue weighted by atomic mass is 10.0. The van der Waals surface area contributed by atoms with Gasteiger partial charge in [0.05, 0.1) is 21.8 Å². The van der Waals surface area contributed by atoms with E-state index in [1.165, 1.54) is 24.7 Å². The van der Waals surface area contributed by atoms with Crippen LogP contribution in [-0.2, 0) is 6.18 Å². The van der Waals surface area contributed by atoms with Crippen LogP contribution in [-0.4, -0.2) is 26.6 Å². The zero-order chi connectivity index (χ0) is 22.8. The van der Waals surface area contributed by atoms with E-state index < -0.39 is 22.7 Å². The topological polar surface area (TPSA) is 111 Å². The number of nitrogen functional groups attached to an aromatic ring is 1. The van der Waals surface area contributed by atoms with E-state index in [4.69, 9.17) is 17.3 Å². The molecule has 3 rings (SSSR count). The number of Topliss-reactive ketones (excluding diaryl/α,β-unsaturated/α-hetero) is 1. The number of rotatable bonds is 6. The number of ketones is 1. The van der Waals surface area contributed by atoms with Crippen LogP contribution in [0.2, 0.25) is 5.02 Å². The van der Waals surface area contributed by atoms with Crippen LogP contribution in [0.5, 0.6) is 0 Å². The van der Waals surface area contributed by atoms with E-state index in [9.17, 15) is 22.8 Å². The molecule has 2 heterocycles. The summed E-state index contributed by atoms with van der Waals surface area (Å²) in [5.74, 6) is -1.03. The Morgan fingerprint density at radius 3 is 2.65 bits per heavy atom. The van der Waals surface area contributed by atoms with E-state index in [1.807, 2.05) is 0 Å². The molecule has 3 aromatic rings. The molecule has 1 atom stereocenters. The fraction of sp³-hybridized carbons (Fsp3) is 0.211. The van der Waals surface area contributed by atoms with Crippen LogP contribution in [0.15, 0.2) is 36.8 Å². The third kappa shape index (κ3) is 5.56. The number of amides is 1. The highest BCUT2D eigenvalue weighted by atomic mass is 35.5. The van der Waals surface area contributed by atoms with E-state index in [0.717, 1.165) is 23.5 Å².